The number of hydrogen-bond donors (Lipinski definition) is 1. The SMILES string of the molecule is CCc1nc(NC(=O)C(Br)CC)sc1C. The Bertz CT molecular complexity index is 351. The van der Waals surface area contributed by atoms with Crippen LogP contribution in [0.15, 0.2) is 0 Å². The lowest BCUT2D eigenvalue weighted by molar-refractivity contribution is -0.115. The first-order valence-corrected chi connectivity index (χ1v) is 6.72. The highest BCUT2D eigenvalue weighted by Gasteiger charge is 2.14. The minimum Gasteiger partial charge on any atom is -0.301 e. The van der Waals surface area contributed by atoms with Crippen LogP contribution in [0.5, 0.6) is 0 Å². The van der Waals surface area contributed by atoms with Crippen molar-refractivity contribution in [2.24, 2.45) is 0 Å². The molecule has 0 radical (unpaired) electrons. The van der Waals surface area contributed by atoms with Crippen molar-refractivity contribution in [2.45, 2.75) is 38.4 Å². The van der Waals surface area contributed by atoms with E-state index in [-0.39, 0.29) is 10.7 Å². The van der Waals surface area contributed by atoms with Gasteiger partial charge in [-0.3, -0.25) is 4.79 Å². The molecule has 1 N–H and O–H groups in total. The van der Waals surface area contributed by atoms with Gasteiger partial charge < -0.3 is 5.32 Å². The molecule has 0 bridgehead atoms. The second kappa shape index (κ2) is 5.61. The lowest BCUT2D eigenvalue weighted by atomic mass is 10.3. The van der Waals surface area contributed by atoms with E-state index >= 15 is 0 Å². The number of carbonyl (C=O) groups excluding carboxylic acids is 1. The Hall–Kier alpha value is -0.420. The Balaban J connectivity index is 2.68. The van der Waals surface area contributed by atoms with Crippen LogP contribution in [0.25, 0.3) is 0 Å². The van der Waals surface area contributed by atoms with Gasteiger partial charge >= 0.3 is 0 Å². The van der Waals surface area contributed by atoms with Gasteiger partial charge in [0.2, 0.25) is 5.91 Å². The van der Waals surface area contributed by atoms with Gasteiger partial charge in [-0.15, -0.1) is 11.3 Å². The summed E-state index contributed by atoms with van der Waals surface area (Å²) in [5, 5.41) is 3.51. The van der Waals surface area contributed by atoms with E-state index in [0.717, 1.165) is 18.5 Å². The van der Waals surface area contributed by atoms with Crippen molar-refractivity contribution < 1.29 is 4.79 Å². The Morgan fingerprint density at radius 2 is 2.27 bits per heavy atom. The predicted octanol–water partition coefficient (Wildman–Crippen LogP) is 3.13. The van der Waals surface area contributed by atoms with E-state index in [1.807, 2.05) is 13.8 Å². The molecule has 3 nitrogen and oxygen atoms in total. The normalized spacial score (nSPS) is 12.5. The second-order valence-electron chi connectivity index (χ2n) is 3.24. The average Bonchev–Trinajstić information content (AvgIpc) is 2.57. The summed E-state index contributed by atoms with van der Waals surface area (Å²) in [4.78, 5) is 17.0. The molecule has 0 saturated carbocycles. The molecule has 5 heteroatoms. The van der Waals surface area contributed by atoms with E-state index < -0.39 is 0 Å². The van der Waals surface area contributed by atoms with Gasteiger partial charge in [-0.25, -0.2) is 4.98 Å². The van der Waals surface area contributed by atoms with Crippen molar-refractivity contribution in [3.05, 3.63) is 10.6 Å². The van der Waals surface area contributed by atoms with Gasteiger partial charge in [0, 0.05) is 4.88 Å². The van der Waals surface area contributed by atoms with Gasteiger partial charge in [0.25, 0.3) is 0 Å². The van der Waals surface area contributed by atoms with Gasteiger partial charge in [-0.2, -0.15) is 0 Å². The molecule has 1 aromatic rings. The molecule has 1 atom stereocenters. The molecular formula is C10H15BrN2OS. The van der Waals surface area contributed by atoms with Crippen LogP contribution < -0.4 is 5.32 Å². The molecule has 0 fully saturated rings. The Kier molecular flexibility index (Phi) is 4.73. The van der Waals surface area contributed by atoms with Crippen molar-refractivity contribution in [2.75, 3.05) is 5.32 Å². The molecule has 0 aromatic carbocycles. The summed E-state index contributed by atoms with van der Waals surface area (Å²) in [6.45, 7) is 6.05. The first-order valence-electron chi connectivity index (χ1n) is 4.99. The summed E-state index contributed by atoms with van der Waals surface area (Å²) < 4.78 is 0. The van der Waals surface area contributed by atoms with Crippen LogP contribution in [0, 0.1) is 6.92 Å². The van der Waals surface area contributed by atoms with E-state index in [4.69, 9.17) is 0 Å². The van der Waals surface area contributed by atoms with Gasteiger partial charge in [-0.1, -0.05) is 29.8 Å². The zero-order chi connectivity index (χ0) is 11.4. The summed E-state index contributed by atoms with van der Waals surface area (Å²) in [7, 11) is 0. The number of nitrogens with zero attached hydrogens (tertiary/aromatic N) is 1. The molecule has 0 saturated heterocycles. The number of halogens is 1. The first kappa shape index (κ1) is 12.6. The zero-order valence-corrected chi connectivity index (χ0v) is 11.5. The fraction of sp³-hybridized carbons (Fsp3) is 0.600. The number of thiazole rings is 1. The number of aryl methyl sites for hydroxylation is 2. The van der Waals surface area contributed by atoms with Crippen LogP contribution >= 0.6 is 27.3 Å². The van der Waals surface area contributed by atoms with Crippen LogP contribution in [-0.4, -0.2) is 15.7 Å². The number of carbonyl (C=O) groups is 1. The monoisotopic (exact) mass is 290 g/mol. The van der Waals surface area contributed by atoms with Crippen LogP contribution in [0.1, 0.15) is 30.8 Å². The largest absolute Gasteiger partial charge is 0.301 e. The van der Waals surface area contributed by atoms with E-state index in [1.165, 1.54) is 16.2 Å². The Morgan fingerprint density at radius 1 is 1.60 bits per heavy atom. The Morgan fingerprint density at radius 3 is 2.73 bits per heavy atom. The number of rotatable bonds is 4. The molecular weight excluding hydrogens is 276 g/mol. The molecule has 1 unspecified atom stereocenters. The highest BCUT2D eigenvalue weighted by molar-refractivity contribution is 9.10. The summed E-state index contributed by atoms with van der Waals surface area (Å²) in [6, 6.07) is 0. The molecule has 84 valence electrons. The van der Waals surface area contributed by atoms with E-state index in [2.05, 4.69) is 33.2 Å². The van der Waals surface area contributed by atoms with Crippen molar-refractivity contribution >= 4 is 38.3 Å². The molecule has 0 spiro atoms. The van der Waals surface area contributed by atoms with Crippen molar-refractivity contribution in [1.82, 2.24) is 4.98 Å². The summed E-state index contributed by atoms with van der Waals surface area (Å²) >= 11 is 4.84. The fourth-order valence-electron chi connectivity index (χ4n) is 1.18. The first-order chi connectivity index (χ1) is 7.08. The molecule has 1 heterocycles. The van der Waals surface area contributed by atoms with Crippen molar-refractivity contribution in [1.29, 1.82) is 0 Å². The third-order valence-corrected chi connectivity index (χ3v) is 4.09. The number of anilines is 1. The van der Waals surface area contributed by atoms with Gasteiger partial charge in [0.05, 0.1) is 10.5 Å². The molecule has 0 aliphatic heterocycles. The topological polar surface area (TPSA) is 42.0 Å². The smallest absolute Gasteiger partial charge is 0.239 e. The lowest BCUT2D eigenvalue weighted by Gasteiger charge is -2.05. The summed E-state index contributed by atoms with van der Waals surface area (Å²) in [5.74, 6) is -0.0195. The van der Waals surface area contributed by atoms with Crippen LogP contribution in [0.3, 0.4) is 0 Å². The standard InChI is InChI=1S/C10H15BrN2OS/c1-4-7(11)9(14)13-10-12-8(5-2)6(3)15-10/h7H,4-5H2,1-3H3,(H,12,13,14). The van der Waals surface area contributed by atoms with E-state index in [1.54, 1.807) is 0 Å². The molecule has 15 heavy (non-hydrogen) atoms. The van der Waals surface area contributed by atoms with Crippen LogP contribution in [-0.2, 0) is 11.2 Å². The van der Waals surface area contributed by atoms with Crippen LogP contribution in [0.2, 0.25) is 0 Å². The second-order valence-corrected chi connectivity index (χ2v) is 5.55. The maximum absolute atomic E-state index is 11.6. The van der Waals surface area contributed by atoms with Crippen LogP contribution in [0.4, 0.5) is 5.13 Å². The van der Waals surface area contributed by atoms with Gasteiger partial charge in [0.15, 0.2) is 5.13 Å². The molecule has 0 aliphatic rings. The summed E-state index contributed by atoms with van der Waals surface area (Å²) in [5.41, 5.74) is 1.07. The lowest BCUT2D eigenvalue weighted by Crippen LogP contribution is -2.21. The van der Waals surface area contributed by atoms with Crippen molar-refractivity contribution in [3.63, 3.8) is 0 Å². The number of nitrogens with one attached hydrogen (secondary N) is 1. The zero-order valence-electron chi connectivity index (χ0n) is 9.13. The molecule has 1 rings (SSSR count). The number of amides is 1. The summed E-state index contributed by atoms with van der Waals surface area (Å²) in [6.07, 6.45) is 1.68. The minimum absolute atomic E-state index is 0.0195. The maximum atomic E-state index is 11.6. The molecule has 1 aromatic heterocycles. The minimum atomic E-state index is -0.133. The molecule has 1 amide bonds. The van der Waals surface area contributed by atoms with E-state index in [0.29, 0.717) is 5.13 Å². The third-order valence-electron chi connectivity index (χ3n) is 2.10. The number of hydrogen-bond acceptors (Lipinski definition) is 3. The maximum Gasteiger partial charge on any atom is 0.239 e. The average molecular weight is 291 g/mol. The van der Waals surface area contributed by atoms with Gasteiger partial charge in [0.1, 0.15) is 0 Å². The number of aromatic nitrogens is 1. The molecule has 0 aliphatic carbocycles. The highest BCUT2D eigenvalue weighted by Crippen LogP contribution is 2.23. The third kappa shape index (κ3) is 3.28. The Labute approximate surface area is 102 Å². The fourth-order valence-corrected chi connectivity index (χ4v) is 2.20. The number of alkyl halides is 1. The van der Waals surface area contributed by atoms with E-state index in [9.17, 15) is 4.79 Å². The quantitative estimate of drug-likeness (QED) is 0.866. The van der Waals surface area contributed by atoms with Gasteiger partial charge in [-0.05, 0) is 19.8 Å². The van der Waals surface area contributed by atoms with Crippen molar-refractivity contribution in [3.8, 4) is 0 Å². The highest BCUT2D eigenvalue weighted by atomic mass is 79.9. The predicted molar refractivity (Wildman–Crippen MR) is 67.9 cm³/mol.